The predicted molar refractivity (Wildman–Crippen MR) is 109 cm³/mol. The maximum atomic E-state index is 14.8. The summed E-state index contributed by atoms with van der Waals surface area (Å²) in [7, 11) is 1.69. The number of carbonyl (C=O) groups is 3. The molecule has 4 rings (SSSR count). The van der Waals surface area contributed by atoms with E-state index in [-0.39, 0.29) is 37.7 Å². The number of halogens is 3. The third kappa shape index (κ3) is 4.40. The van der Waals surface area contributed by atoms with Crippen molar-refractivity contribution in [1.29, 1.82) is 0 Å². The highest BCUT2D eigenvalue weighted by Crippen LogP contribution is 2.41. The van der Waals surface area contributed by atoms with Crippen molar-refractivity contribution < 1.29 is 28.3 Å². The molecule has 0 radical (unpaired) electrons. The Bertz CT molecular complexity index is 1040. The molecule has 1 aromatic heterocycles. The molecule has 2 unspecified atom stereocenters. The number of amides is 2. The van der Waals surface area contributed by atoms with Gasteiger partial charge in [-0.15, -0.1) is 12.4 Å². The van der Waals surface area contributed by atoms with Crippen molar-refractivity contribution in [3.05, 3.63) is 29.5 Å². The van der Waals surface area contributed by atoms with Gasteiger partial charge in [0.25, 0.3) is 5.92 Å². The van der Waals surface area contributed by atoms with Crippen molar-refractivity contribution in [3.63, 3.8) is 0 Å². The van der Waals surface area contributed by atoms with Gasteiger partial charge >= 0.3 is 5.97 Å². The molecule has 0 aliphatic carbocycles. The largest absolute Gasteiger partial charge is 0.480 e. The van der Waals surface area contributed by atoms with Crippen LogP contribution in [0.2, 0.25) is 0 Å². The Kier molecular flexibility index (Phi) is 6.33. The average molecular weight is 457 g/mol. The molecule has 168 valence electrons. The Hall–Kier alpha value is -2.59. The summed E-state index contributed by atoms with van der Waals surface area (Å²) >= 11 is 0. The van der Waals surface area contributed by atoms with Gasteiger partial charge in [-0.3, -0.25) is 29.3 Å². The third-order valence-corrected chi connectivity index (χ3v) is 5.91. The van der Waals surface area contributed by atoms with Crippen molar-refractivity contribution in [3.8, 4) is 0 Å². The summed E-state index contributed by atoms with van der Waals surface area (Å²) in [5.74, 6) is -6.48. The van der Waals surface area contributed by atoms with E-state index in [4.69, 9.17) is 5.11 Å². The summed E-state index contributed by atoms with van der Waals surface area (Å²) < 4.78 is 31.2. The standard InChI is InChI=1S/C20H22F2N4O4.ClH/c1-25-15-8-11(14-6-7-26(9-17(28)29)10-20(14,21)22)2-3-12(15)18(24-25)13-4-5-16(27)23-19(13)30;/h2-3,8,13-14H,4-7,9-10H2,1H3,(H,28,29)(H,23,27,30);1H. The first-order valence-corrected chi connectivity index (χ1v) is 9.78. The number of aliphatic carboxylic acids is 1. The molecule has 0 spiro atoms. The number of aryl methyl sites for hydroxylation is 1. The number of carboxylic acids is 1. The Morgan fingerprint density at radius 3 is 2.71 bits per heavy atom. The maximum Gasteiger partial charge on any atom is 0.317 e. The molecule has 2 amide bonds. The van der Waals surface area contributed by atoms with Gasteiger partial charge in [-0.05, 0) is 31.0 Å². The molecule has 8 nitrogen and oxygen atoms in total. The lowest BCUT2D eigenvalue weighted by atomic mass is 9.85. The Morgan fingerprint density at radius 1 is 1.32 bits per heavy atom. The fourth-order valence-electron chi connectivity index (χ4n) is 4.48. The van der Waals surface area contributed by atoms with E-state index in [1.54, 1.807) is 29.9 Å². The minimum atomic E-state index is -3.06. The second-order valence-electron chi connectivity index (χ2n) is 8.00. The number of benzene rings is 1. The highest BCUT2D eigenvalue weighted by atomic mass is 35.5. The van der Waals surface area contributed by atoms with E-state index in [9.17, 15) is 23.2 Å². The zero-order chi connectivity index (χ0) is 21.6. The number of nitrogens with zero attached hydrogens (tertiary/aromatic N) is 3. The quantitative estimate of drug-likeness (QED) is 0.682. The van der Waals surface area contributed by atoms with Gasteiger partial charge in [0.15, 0.2) is 0 Å². The van der Waals surface area contributed by atoms with E-state index >= 15 is 0 Å². The van der Waals surface area contributed by atoms with Gasteiger partial charge in [0.2, 0.25) is 11.8 Å². The summed E-state index contributed by atoms with van der Waals surface area (Å²) in [5, 5.41) is 16.3. The lowest BCUT2D eigenvalue weighted by Gasteiger charge is -2.37. The van der Waals surface area contributed by atoms with Crippen LogP contribution in [-0.2, 0) is 21.4 Å². The van der Waals surface area contributed by atoms with Crippen LogP contribution in [0.3, 0.4) is 0 Å². The summed E-state index contributed by atoms with van der Waals surface area (Å²) in [6, 6.07) is 5.00. The van der Waals surface area contributed by atoms with Crippen LogP contribution in [0.1, 0.15) is 42.4 Å². The van der Waals surface area contributed by atoms with Crippen LogP contribution in [-0.4, -0.2) is 63.1 Å². The van der Waals surface area contributed by atoms with E-state index in [0.29, 0.717) is 28.6 Å². The second-order valence-corrected chi connectivity index (χ2v) is 8.00. The molecule has 31 heavy (non-hydrogen) atoms. The highest BCUT2D eigenvalue weighted by Gasteiger charge is 2.45. The number of nitrogens with one attached hydrogen (secondary N) is 1. The first kappa shape index (κ1) is 23.1. The Balaban J connectivity index is 0.00000272. The number of carbonyl (C=O) groups excluding carboxylic acids is 2. The van der Waals surface area contributed by atoms with Gasteiger partial charge in [-0.1, -0.05) is 12.1 Å². The molecule has 2 N–H and O–H groups in total. The van der Waals surface area contributed by atoms with E-state index in [1.807, 2.05) is 0 Å². The summed E-state index contributed by atoms with van der Waals surface area (Å²) in [5.41, 5.74) is 1.63. The Morgan fingerprint density at radius 2 is 2.06 bits per heavy atom. The zero-order valence-corrected chi connectivity index (χ0v) is 17.6. The van der Waals surface area contributed by atoms with E-state index in [2.05, 4.69) is 10.4 Å². The molecule has 2 aliphatic rings. The van der Waals surface area contributed by atoms with Gasteiger partial charge in [0, 0.05) is 18.9 Å². The molecule has 0 bridgehead atoms. The van der Waals surface area contributed by atoms with Crippen LogP contribution in [0.4, 0.5) is 8.78 Å². The molecule has 11 heteroatoms. The summed E-state index contributed by atoms with van der Waals surface area (Å²) in [6.45, 7) is -0.731. The van der Waals surface area contributed by atoms with Gasteiger partial charge < -0.3 is 5.11 Å². The van der Waals surface area contributed by atoms with Crippen molar-refractivity contribution in [2.24, 2.45) is 7.05 Å². The Labute approximate surface area is 183 Å². The van der Waals surface area contributed by atoms with Gasteiger partial charge in [0.05, 0.1) is 36.1 Å². The van der Waals surface area contributed by atoms with Crippen LogP contribution < -0.4 is 5.32 Å². The molecular weight excluding hydrogens is 434 g/mol. The SMILES string of the molecule is Cl.Cn1nc(C2CCC(=O)NC2=O)c2ccc(C3CCN(CC(=O)O)CC3(F)F)cc21. The summed E-state index contributed by atoms with van der Waals surface area (Å²) in [4.78, 5) is 35.8. The fourth-order valence-corrected chi connectivity index (χ4v) is 4.48. The minimum absolute atomic E-state index is 0. The van der Waals surface area contributed by atoms with Crippen molar-refractivity contribution in [2.75, 3.05) is 19.6 Å². The van der Waals surface area contributed by atoms with Gasteiger partial charge in [-0.25, -0.2) is 8.78 Å². The molecule has 3 heterocycles. The molecule has 2 aromatic rings. The van der Waals surface area contributed by atoms with Gasteiger partial charge in [-0.2, -0.15) is 5.10 Å². The number of imide groups is 1. The maximum absolute atomic E-state index is 14.8. The number of hydrogen-bond donors (Lipinski definition) is 2. The van der Waals surface area contributed by atoms with Crippen LogP contribution in [0, 0.1) is 0 Å². The average Bonchev–Trinajstić information content (AvgIpc) is 2.96. The van der Waals surface area contributed by atoms with E-state index in [0.717, 1.165) is 0 Å². The normalized spacial score (nSPS) is 24.0. The van der Waals surface area contributed by atoms with Crippen molar-refractivity contribution in [1.82, 2.24) is 20.0 Å². The fraction of sp³-hybridized carbons (Fsp3) is 0.500. The number of alkyl halides is 2. The first-order valence-electron chi connectivity index (χ1n) is 9.78. The number of hydrogen-bond acceptors (Lipinski definition) is 5. The molecule has 0 saturated carbocycles. The van der Waals surface area contributed by atoms with Crippen LogP contribution in [0.5, 0.6) is 0 Å². The second kappa shape index (κ2) is 8.51. The predicted octanol–water partition coefficient (Wildman–Crippen LogP) is 2.02. The molecule has 2 saturated heterocycles. The lowest BCUT2D eigenvalue weighted by molar-refractivity contribution is -0.142. The topological polar surface area (TPSA) is 105 Å². The third-order valence-electron chi connectivity index (χ3n) is 5.91. The number of fused-ring (bicyclic) bond motifs is 1. The van der Waals surface area contributed by atoms with Crippen LogP contribution in [0.25, 0.3) is 10.9 Å². The molecule has 2 aliphatic heterocycles. The monoisotopic (exact) mass is 456 g/mol. The molecule has 1 aromatic carbocycles. The van der Waals surface area contributed by atoms with Crippen molar-refractivity contribution >= 4 is 41.1 Å². The number of rotatable bonds is 4. The number of likely N-dealkylation sites (tertiary alicyclic amines) is 1. The first-order chi connectivity index (χ1) is 14.2. The number of piperidine rings is 2. The number of carboxylic acid groups (broad SMARTS) is 1. The van der Waals surface area contributed by atoms with E-state index < -0.39 is 42.7 Å². The van der Waals surface area contributed by atoms with Crippen molar-refractivity contribution in [2.45, 2.75) is 37.0 Å². The summed E-state index contributed by atoms with van der Waals surface area (Å²) in [6.07, 6.45) is 0.732. The minimum Gasteiger partial charge on any atom is -0.480 e. The van der Waals surface area contributed by atoms with Crippen LogP contribution in [0.15, 0.2) is 18.2 Å². The number of aromatic nitrogens is 2. The molecule has 2 fully saturated rings. The van der Waals surface area contributed by atoms with Crippen LogP contribution >= 0.6 is 12.4 Å². The smallest absolute Gasteiger partial charge is 0.317 e. The highest BCUT2D eigenvalue weighted by molar-refractivity contribution is 6.02. The van der Waals surface area contributed by atoms with Gasteiger partial charge in [0.1, 0.15) is 0 Å². The molecule has 2 atom stereocenters. The lowest BCUT2D eigenvalue weighted by Crippen LogP contribution is -2.48. The molecular formula is C20H23ClF2N4O4. The zero-order valence-electron chi connectivity index (χ0n) is 16.8. The van der Waals surface area contributed by atoms with E-state index in [1.165, 1.54) is 4.90 Å².